The van der Waals surface area contributed by atoms with Crippen LogP contribution in [0.5, 0.6) is 0 Å². The Hall–Kier alpha value is -4.15. The summed E-state index contributed by atoms with van der Waals surface area (Å²) in [6, 6.07) is 14.6. The number of oxazole rings is 1. The van der Waals surface area contributed by atoms with Gasteiger partial charge < -0.3 is 24.0 Å². The number of rotatable bonds is 9. The van der Waals surface area contributed by atoms with Crippen molar-refractivity contribution in [1.29, 1.82) is 0 Å². The van der Waals surface area contributed by atoms with Crippen molar-refractivity contribution in [3.05, 3.63) is 89.7 Å². The normalized spacial score (nSPS) is 11.8. The van der Waals surface area contributed by atoms with E-state index in [1.54, 1.807) is 38.6 Å². The molecule has 0 atom stereocenters. The highest BCUT2D eigenvalue weighted by Gasteiger charge is 2.34. The second-order valence-corrected chi connectivity index (χ2v) is 9.06. The maximum atomic E-state index is 13.9. The lowest BCUT2D eigenvalue weighted by atomic mass is 10.0. The largest absolute Gasteiger partial charge is 0.441 e. The van der Waals surface area contributed by atoms with E-state index in [1.807, 2.05) is 28.7 Å². The van der Waals surface area contributed by atoms with E-state index in [-0.39, 0.29) is 17.9 Å². The highest BCUT2D eigenvalue weighted by atomic mass is 19.4. The maximum absolute atomic E-state index is 13.9. The topological polar surface area (TPSA) is 84.8 Å². The third-order valence-electron chi connectivity index (χ3n) is 6.44. The van der Waals surface area contributed by atoms with Gasteiger partial charge in [0.25, 0.3) is 0 Å². The molecule has 3 heterocycles. The first-order chi connectivity index (χ1) is 18.8. The molecule has 0 spiro atoms. The van der Waals surface area contributed by atoms with Crippen molar-refractivity contribution >= 4 is 17.0 Å². The number of aliphatic hydroxyl groups is 1. The summed E-state index contributed by atoms with van der Waals surface area (Å²) in [6.07, 6.45) is -0.0370. The van der Waals surface area contributed by atoms with Crippen LogP contribution in [-0.4, -0.2) is 33.2 Å². The van der Waals surface area contributed by atoms with Crippen LogP contribution >= 0.6 is 0 Å². The van der Waals surface area contributed by atoms with Crippen LogP contribution in [0.25, 0.3) is 28.2 Å². The van der Waals surface area contributed by atoms with Crippen LogP contribution in [-0.2, 0) is 23.9 Å². The van der Waals surface area contributed by atoms with Gasteiger partial charge in [0, 0.05) is 43.7 Å². The number of imidazole rings is 1. The molecule has 3 aromatic heterocycles. The Bertz CT molecular complexity index is 1610. The fourth-order valence-electron chi connectivity index (χ4n) is 4.67. The maximum Gasteiger partial charge on any atom is 0.417 e. The van der Waals surface area contributed by atoms with Crippen LogP contribution < -0.4 is 5.32 Å². The van der Waals surface area contributed by atoms with Crippen LogP contribution in [0.3, 0.4) is 0 Å². The van der Waals surface area contributed by atoms with E-state index < -0.39 is 11.7 Å². The minimum absolute atomic E-state index is 0.0290. The number of methoxy groups -OCH3 is 1. The molecule has 0 aliphatic carbocycles. The number of ether oxygens (including phenoxy) is 1. The summed E-state index contributed by atoms with van der Waals surface area (Å²) in [6.45, 7) is 1.99. The SMILES string of the molecule is COCCCc1c(-c2ccccc2C(F)(F)F)nc2c(Nc3ccc(-c4cnc(C)o4)c(CO)c3)cccn12. The first-order valence-corrected chi connectivity index (χ1v) is 12.4. The molecule has 202 valence electrons. The number of alkyl halides is 3. The van der Waals surface area contributed by atoms with Crippen LogP contribution in [0.2, 0.25) is 0 Å². The number of hydrogen-bond donors (Lipinski definition) is 2. The Kier molecular flexibility index (Phi) is 7.40. The zero-order valence-electron chi connectivity index (χ0n) is 21.4. The predicted octanol–water partition coefficient (Wildman–Crippen LogP) is 6.80. The summed E-state index contributed by atoms with van der Waals surface area (Å²) < 4.78 is 54.4. The Morgan fingerprint density at radius 3 is 2.62 bits per heavy atom. The standard InChI is InChI=1S/C29H27F3N4O3/c1-18-33-16-26(39-18)21-12-11-20(15-19(21)17-37)34-24-9-5-13-36-25(10-6-14-38-2)27(35-28(24)36)22-7-3-4-8-23(22)29(30,31)32/h3-5,7-9,11-13,15-16,34,37H,6,10,14,17H2,1-2H3. The molecule has 0 radical (unpaired) electrons. The number of aromatic nitrogens is 3. The van der Waals surface area contributed by atoms with Gasteiger partial charge in [0.2, 0.25) is 0 Å². The number of halogens is 3. The summed E-state index contributed by atoms with van der Waals surface area (Å²) in [4.78, 5) is 8.85. The van der Waals surface area contributed by atoms with Crippen molar-refractivity contribution in [2.75, 3.05) is 19.0 Å². The number of aliphatic hydroxyl groups excluding tert-OH is 1. The molecule has 10 heteroatoms. The molecule has 0 bridgehead atoms. The Balaban J connectivity index is 1.59. The van der Waals surface area contributed by atoms with Crippen molar-refractivity contribution in [2.45, 2.75) is 32.5 Å². The lowest BCUT2D eigenvalue weighted by molar-refractivity contribution is -0.137. The van der Waals surface area contributed by atoms with Crippen LogP contribution in [0.15, 0.2) is 71.4 Å². The van der Waals surface area contributed by atoms with Crippen molar-refractivity contribution in [3.8, 4) is 22.6 Å². The molecular weight excluding hydrogens is 509 g/mol. The minimum Gasteiger partial charge on any atom is -0.441 e. The Morgan fingerprint density at radius 1 is 1.08 bits per heavy atom. The minimum atomic E-state index is -4.53. The number of hydrogen-bond acceptors (Lipinski definition) is 6. The number of nitrogens with zero attached hydrogens (tertiary/aromatic N) is 3. The molecule has 0 saturated carbocycles. The molecule has 2 N–H and O–H groups in total. The highest BCUT2D eigenvalue weighted by molar-refractivity contribution is 5.80. The van der Waals surface area contributed by atoms with Gasteiger partial charge in [0.15, 0.2) is 17.3 Å². The number of anilines is 2. The van der Waals surface area contributed by atoms with Gasteiger partial charge in [-0.1, -0.05) is 18.2 Å². The van der Waals surface area contributed by atoms with Crippen molar-refractivity contribution in [3.63, 3.8) is 0 Å². The quantitative estimate of drug-likeness (QED) is 0.202. The third-order valence-corrected chi connectivity index (χ3v) is 6.44. The van der Waals surface area contributed by atoms with Crippen LogP contribution in [0, 0.1) is 6.92 Å². The summed E-state index contributed by atoms with van der Waals surface area (Å²) in [5, 5.41) is 13.3. The molecular formula is C29H27F3N4O3. The van der Waals surface area contributed by atoms with Gasteiger partial charge in [0.05, 0.1) is 35.4 Å². The summed E-state index contributed by atoms with van der Waals surface area (Å²) in [5.74, 6) is 1.07. The van der Waals surface area contributed by atoms with Gasteiger partial charge in [0.1, 0.15) is 0 Å². The zero-order valence-corrected chi connectivity index (χ0v) is 21.4. The lowest BCUT2D eigenvalue weighted by Gasteiger charge is -2.13. The van der Waals surface area contributed by atoms with Crippen molar-refractivity contribution in [1.82, 2.24) is 14.4 Å². The first kappa shape index (κ1) is 26.5. The van der Waals surface area contributed by atoms with Gasteiger partial charge in [-0.3, -0.25) is 0 Å². The van der Waals surface area contributed by atoms with E-state index in [0.29, 0.717) is 64.9 Å². The molecule has 2 aromatic carbocycles. The first-order valence-electron chi connectivity index (χ1n) is 12.4. The highest BCUT2D eigenvalue weighted by Crippen LogP contribution is 2.39. The summed E-state index contributed by atoms with van der Waals surface area (Å²) >= 11 is 0. The average Bonchev–Trinajstić information content (AvgIpc) is 3.52. The Labute approximate surface area is 222 Å². The molecule has 5 rings (SSSR count). The second-order valence-electron chi connectivity index (χ2n) is 9.06. The molecule has 0 saturated heterocycles. The molecule has 0 aliphatic rings. The van der Waals surface area contributed by atoms with Gasteiger partial charge in [-0.15, -0.1) is 0 Å². The number of nitrogens with one attached hydrogen (secondary N) is 1. The molecule has 0 aliphatic heterocycles. The van der Waals surface area contributed by atoms with Crippen LogP contribution in [0.4, 0.5) is 24.5 Å². The van der Waals surface area contributed by atoms with Gasteiger partial charge in [-0.2, -0.15) is 13.2 Å². The fraction of sp³-hybridized carbons (Fsp3) is 0.241. The van der Waals surface area contributed by atoms with E-state index in [4.69, 9.17) is 14.1 Å². The van der Waals surface area contributed by atoms with E-state index in [2.05, 4.69) is 10.3 Å². The average molecular weight is 537 g/mol. The molecule has 0 unspecified atom stereocenters. The van der Waals surface area contributed by atoms with Gasteiger partial charge in [-0.05, 0) is 54.8 Å². The number of pyridine rings is 1. The summed E-state index contributed by atoms with van der Waals surface area (Å²) in [5.41, 5.74) is 3.35. The molecule has 7 nitrogen and oxygen atoms in total. The van der Waals surface area contributed by atoms with Crippen molar-refractivity contribution < 1.29 is 27.4 Å². The lowest BCUT2D eigenvalue weighted by Crippen LogP contribution is -2.08. The van der Waals surface area contributed by atoms with E-state index in [9.17, 15) is 18.3 Å². The van der Waals surface area contributed by atoms with Crippen LogP contribution in [0.1, 0.15) is 29.1 Å². The third kappa shape index (κ3) is 5.39. The van der Waals surface area contributed by atoms with Gasteiger partial charge in [-0.25, -0.2) is 9.97 Å². The number of fused-ring (bicyclic) bond motifs is 1. The number of aryl methyl sites for hydroxylation is 2. The van der Waals surface area contributed by atoms with E-state index in [1.165, 1.54) is 12.1 Å². The predicted molar refractivity (Wildman–Crippen MR) is 142 cm³/mol. The van der Waals surface area contributed by atoms with E-state index >= 15 is 0 Å². The smallest absolute Gasteiger partial charge is 0.417 e. The summed E-state index contributed by atoms with van der Waals surface area (Å²) in [7, 11) is 1.59. The zero-order chi connectivity index (χ0) is 27.6. The van der Waals surface area contributed by atoms with Gasteiger partial charge >= 0.3 is 6.18 Å². The number of benzene rings is 2. The second kappa shape index (κ2) is 10.9. The molecule has 39 heavy (non-hydrogen) atoms. The Morgan fingerprint density at radius 2 is 1.90 bits per heavy atom. The molecule has 5 aromatic rings. The van der Waals surface area contributed by atoms with Crippen molar-refractivity contribution in [2.24, 2.45) is 0 Å². The fourth-order valence-corrected chi connectivity index (χ4v) is 4.67. The monoisotopic (exact) mass is 536 g/mol. The molecule has 0 amide bonds. The van der Waals surface area contributed by atoms with E-state index in [0.717, 1.165) is 6.07 Å². The molecule has 0 fully saturated rings.